The first-order valence-electron chi connectivity index (χ1n) is 6.11. The average molecular weight is 431 g/mol. The average Bonchev–Trinajstić information content (AvgIpc) is 2.45. The van der Waals surface area contributed by atoms with Crippen molar-refractivity contribution in [3.63, 3.8) is 0 Å². The van der Waals surface area contributed by atoms with Gasteiger partial charge in [0.05, 0.1) is 25.3 Å². The summed E-state index contributed by atoms with van der Waals surface area (Å²) >= 11 is 7.61. The molecule has 2 aromatic carbocycles. The highest BCUT2D eigenvalue weighted by atomic mass is 127. The summed E-state index contributed by atoms with van der Waals surface area (Å²) in [7, 11) is 0. The first-order valence-corrected chi connectivity index (χ1v) is 7.57. The van der Waals surface area contributed by atoms with Crippen LogP contribution in [0.2, 0.25) is 5.02 Å². The van der Waals surface area contributed by atoms with Crippen LogP contribution < -0.4 is 0 Å². The number of halogens is 2. The Morgan fingerprint density at radius 3 is 2.23 bits per heavy atom. The van der Waals surface area contributed by atoms with Crippen LogP contribution in [-0.4, -0.2) is 26.9 Å². The third kappa shape index (κ3) is 1.83. The Morgan fingerprint density at radius 2 is 1.59 bits per heavy atom. The number of aromatic hydroxyl groups is 3. The molecule has 1 aliphatic rings. The van der Waals surface area contributed by atoms with Gasteiger partial charge in [0, 0.05) is 5.56 Å². The summed E-state index contributed by atoms with van der Waals surface area (Å²) in [6.45, 7) is 1.66. The van der Waals surface area contributed by atoms with Gasteiger partial charge in [-0.2, -0.15) is 0 Å². The molecule has 1 aliphatic carbocycles. The fraction of sp³-hybridized carbons (Fsp3) is 0.0667. The molecule has 22 heavy (non-hydrogen) atoms. The molecule has 7 heteroatoms. The molecule has 0 unspecified atom stereocenters. The molecule has 5 nitrogen and oxygen atoms in total. The lowest BCUT2D eigenvalue weighted by molar-refractivity contribution is 0.0973. The maximum absolute atomic E-state index is 12.6. The van der Waals surface area contributed by atoms with Crippen molar-refractivity contribution in [3.05, 3.63) is 48.5 Å². The van der Waals surface area contributed by atoms with Crippen molar-refractivity contribution in [3.8, 4) is 17.2 Å². The molecule has 3 N–H and O–H groups in total. The molecule has 2 aromatic rings. The number of carbonyl (C=O) groups is 2. The van der Waals surface area contributed by atoms with E-state index in [1.54, 1.807) is 29.5 Å². The number of carbonyl (C=O) groups excluding carboxylic acids is 2. The van der Waals surface area contributed by atoms with E-state index in [0.29, 0.717) is 5.56 Å². The molecule has 0 bridgehead atoms. The van der Waals surface area contributed by atoms with Gasteiger partial charge < -0.3 is 15.3 Å². The fourth-order valence-corrected chi connectivity index (χ4v) is 3.52. The maximum Gasteiger partial charge on any atom is 0.202 e. The largest absolute Gasteiger partial charge is 0.507 e. The molecule has 0 heterocycles. The van der Waals surface area contributed by atoms with Gasteiger partial charge in [-0.25, -0.2) is 0 Å². The molecule has 0 aliphatic heterocycles. The summed E-state index contributed by atoms with van der Waals surface area (Å²) in [5.41, 5.74) is -0.132. The lowest BCUT2D eigenvalue weighted by atomic mass is 9.82. The number of phenolic OH excluding ortho intramolecular Hbond substituents is 3. The Hall–Kier alpha value is -1.80. The van der Waals surface area contributed by atoms with E-state index >= 15 is 0 Å². The number of fused-ring (bicyclic) bond motifs is 2. The van der Waals surface area contributed by atoms with Gasteiger partial charge in [-0.1, -0.05) is 11.6 Å². The van der Waals surface area contributed by atoms with Gasteiger partial charge in [0.25, 0.3) is 0 Å². The lowest BCUT2D eigenvalue weighted by Crippen LogP contribution is -2.22. The van der Waals surface area contributed by atoms with E-state index in [4.69, 9.17) is 11.6 Å². The molecule has 0 spiro atoms. The quantitative estimate of drug-likeness (QED) is 0.476. The van der Waals surface area contributed by atoms with Gasteiger partial charge in [0.15, 0.2) is 11.5 Å². The molecule has 3 rings (SSSR count). The zero-order chi connectivity index (χ0) is 16.3. The van der Waals surface area contributed by atoms with E-state index in [1.165, 1.54) is 12.1 Å². The highest BCUT2D eigenvalue weighted by Gasteiger charge is 2.38. The fourth-order valence-electron chi connectivity index (χ4n) is 2.54. The van der Waals surface area contributed by atoms with Crippen molar-refractivity contribution in [1.82, 2.24) is 0 Å². The molecule has 0 fully saturated rings. The zero-order valence-electron chi connectivity index (χ0n) is 11.1. The van der Waals surface area contributed by atoms with Crippen molar-refractivity contribution in [2.75, 3.05) is 0 Å². The van der Waals surface area contributed by atoms with Crippen molar-refractivity contribution < 1.29 is 24.9 Å². The summed E-state index contributed by atoms with van der Waals surface area (Å²) in [4.78, 5) is 25.2. The monoisotopic (exact) mass is 430 g/mol. The summed E-state index contributed by atoms with van der Waals surface area (Å²) in [5.74, 6) is -2.66. The molecule has 112 valence electrons. The molecule has 0 saturated heterocycles. The molecule has 0 atom stereocenters. The van der Waals surface area contributed by atoms with Crippen LogP contribution >= 0.6 is 34.2 Å². The smallest absolute Gasteiger partial charge is 0.202 e. The van der Waals surface area contributed by atoms with E-state index in [2.05, 4.69) is 0 Å². The molecular weight excluding hydrogens is 423 g/mol. The normalized spacial score (nSPS) is 13.0. The van der Waals surface area contributed by atoms with Crippen molar-refractivity contribution in [2.45, 2.75) is 6.92 Å². The number of phenols is 3. The minimum Gasteiger partial charge on any atom is -0.507 e. The minimum atomic E-state index is -0.709. The molecule has 0 saturated carbocycles. The Bertz CT molecular complexity index is 888. The first kappa shape index (κ1) is 15.1. The summed E-state index contributed by atoms with van der Waals surface area (Å²) in [6.07, 6.45) is 0. The Morgan fingerprint density at radius 1 is 0.955 bits per heavy atom. The van der Waals surface area contributed by atoms with Crippen LogP contribution in [0.25, 0.3) is 0 Å². The third-order valence-corrected chi connectivity index (χ3v) is 4.91. The van der Waals surface area contributed by atoms with Gasteiger partial charge in [-0.3, -0.25) is 9.59 Å². The minimum absolute atomic E-state index is 0.00286. The summed E-state index contributed by atoms with van der Waals surface area (Å²) in [6, 6.07) is 2.82. The summed E-state index contributed by atoms with van der Waals surface area (Å²) in [5, 5.41) is 29.7. The van der Waals surface area contributed by atoms with Gasteiger partial charge in [-0.05, 0) is 47.2 Å². The van der Waals surface area contributed by atoms with Crippen molar-refractivity contribution >= 4 is 45.8 Å². The van der Waals surface area contributed by atoms with E-state index in [-0.39, 0.29) is 36.6 Å². The second kappa shape index (κ2) is 4.85. The molecule has 0 amide bonds. The molecule has 0 radical (unpaired) electrons. The van der Waals surface area contributed by atoms with E-state index < -0.39 is 23.1 Å². The van der Waals surface area contributed by atoms with Crippen LogP contribution in [0.4, 0.5) is 0 Å². The predicted octanol–water partition coefficient (Wildman–Crippen LogP) is 3.15. The predicted molar refractivity (Wildman–Crippen MR) is 87.2 cm³/mol. The van der Waals surface area contributed by atoms with Crippen LogP contribution in [0.3, 0.4) is 0 Å². The second-order valence-electron chi connectivity index (χ2n) is 4.94. The van der Waals surface area contributed by atoms with Crippen LogP contribution in [-0.2, 0) is 0 Å². The standard InChI is InChI=1S/C15H8ClIO5/c1-4-2-5-7(6(18)3-4)13(20)9-8(12(5)19)10(16)15(22)11(17)14(9)21/h2-3,18,21-22H,1H3. The zero-order valence-corrected chi connectivity index (χ0v) is 14.0. The number of benzene rings is 2. The van der Waals surface area contributed by atoms with Crippen LogP contribution in [0.5, 0.6) is 17.2 Å². The highest BCUT2D eigenvalue weighted by molar-refractivity contribution is 14.1. The van der Waals surface area contributed by atoms with Gasteiger partial charge >= 0.3 is 0 Å². The topological polar surface area (TPSA) is 94.8 Å². The van der Waals surface area contributed by atoms with Gasteiger partial charge in [-0.15, -0.1) is 0 Å². The van der Waals surface area contributed by atoms with E-state index in [9.17, 15) is 24.9 Å². The first-order chi connectivity index (χ1) is 10.3. The Kier molecular flexibility index (Phi) is 3.33. The Labute approximate surface area is 143 Å². The Balaban J connectivity index is 2.47. The van der Waals surface area contributed by atoms with Crippen LogP contribution in [0.15, 0.2) is 12.1 Å². The number of rotatable bonds is 0. The van der Waals surface area contributed by atoms with E-state index in [1.807, 2.05) is 0 Å². The van der Waals surface area contributed by atoms with Crippen LogP contribution in [0, 0.1) is 10.5 Å². The third-order valence-electron chi connectivity index (χ3n) is 3.52. The van der Waals surface area contributed by atoms with Crippen molar-refractivity contribution in [1.29, 1.82) is 0 Å². The SMILES string of the molecule is Cc1cc(O)c2c(c1)C(=O)c1c(Cl)c(O)c(I)c(O)c1C2=O. The second-order valence-corrected chi connectivity index (χ2v) is 6.40. The lowest BCUT2D eigenvalue weighted by Gasteiger charge is -2.22. The van der Waals surface area contributed by atoms with Gasteiger partial charge in [0.2, 0.25) is 5.78 Å². The molecular formula is C15H8ClIO5. The van der Waals surface area contributed by atoms with Crippen molar-refractivity contribution in [2.24, 2.45) is 0 Å². The molecule has 0 aromatic heterocycles. The highest BCUT2D eigenvalue weighted by Crippen LogP contribution is 2.46. The maximum atomic E-state index is 12.6. The number of aryl methyl sites for hydroxylation is 1. The van der Waals surface area contributed by atoms with Crippen LogP contribution in [0.1, 0.15) is 37.4 Å². The summed E-state index contributed by atoms with van der Waals surface area (Å²) < 4.78 is -0.0300. The number of hydrogen-bond donors (Lipinski definition) is 3. The van der Waals surface area contributed by atoms with Gasteiger partial charge in [0.1, 0.15) is 11.5 Å². The number of hydrogen-bond acceptors (Lipinski definition) is 5. The van der Waals surface area contributed by atoms with E-state index in [0.717, 1.165) is 0 Å². The number of ketones is 2.